The average molecular weight is 493 g/mol. The van der Waals surface area contributed by atoms with E-state index in [4.69, 9.17) is 9.47 Å². The molecule has 2 saturated carbocycles. The zero-order chi connectivity index (χ0) is 23.5. The standard InChI is InChI=1S/C30H44O2Si2/c1-33(2,17-15-21-9-11-25-27(19-21)31-25)29-13-14-30(24-8-6-5-7-23(24)29)34(3,4)18-16-22-10-12-26-28(20-22)32-26/h5-8,13-14,21-22,25-28H,9-12,15-20H2,1-4H3. The van der Waals surface area contributed by atoms with Crippen molar-refractivity contribution in [3.8, 4) is 0 Å². The summed E-state index contributed by atoms with van der Waals surface area (Å²) in [6, 6.07) is 17.4. The summed E-state index contributed by atoms with van der Waals surface area (Å²) in [5.74, 6) is 1.78. The third-order valence-electron chi connectivity index (χ3n) is 9.96. The van der Waals surface area contributed by atoms with Crippen LogP contribution >= 0.6 is 0 Å². The van der Waals surface area contributed by atoms with Gasteiger partial charge in [-0.15, -0.1) is 0 Å². The third-order valence-corrected chi connectivity index (χ3v) is 16.8. The van der Waals surface area contributed by atoms with Gasteiger partial charge in [0.25, 0.3) is 0 Å². The first-order valence-corrected chi connectivity index (χ1v) is 20.6. The van der Waals surface area contributed by atoms with Crippen LogP contribution < -0.4 is 10.4 Å². The van der Waals surface area contributed by atoms with Crippen molar-refractivity contribution in [2.45, 2.75) is 114 Å². The van der Waals surface area contributed by atoms with Gasteiger partial charge in [-0.05, 0) is 61.1 Å². The van der Waals surface area contributed by atoms with Crippen LogP contribution in [0.4, 0.5) is 0 Å². The smallest absolute Gasteiger partial charge is 0.0844 e. The molecule has 2 saturated heterocycles. The molecule has 6 atom stereocenters. The van der Waals surface area contributed by atoms with Gasteiger partial charge in [0.2, 0.25) is 0 Å². The topological polar surface area (TPSA) is 25.1 Å². The van der Waals surface area contributed by atoms with Gasteiger partial charge in [0.05, 0.1) is 40.6 Å². The Balaban J connectivity index is 1.19. The first kappa shape index (κ1) is 23.5. The molecule has 0 N–H and O–H groups in total. The fraction of sp³-hybridized carbons (Fsp3) is 0.667. The van der Waals surface area contributed by atoms with Crippen LogP contribution in [0.3, 0.4) is 0 Å². The predicted molar refractivity (Wildman–Crippen MR) is 149 cm³/mol. The van der Waals surface area contributed by atoms with E-state index < -0.39 is 16.1 Å². The fourth-order valence-corrected chi connectivity index (χ4v) is 13.1. The van der Waals surface area contributed by atoms with Crippen molar-refractivity contribution in [3.63, 3.8) is 0 Å². The van der Waals surface area contributed by atoms with Gasteiger partial charge >= 0.3 is 0 Å². The molecule has 2 aliphatic heterocycles. The number of benzene rings is 2. The molecule has 0 spiro atoms. The van der Waals surface area contributed by atoms with Crippen molar-refractivity contribution in [1.82, 2.24) is 0 Å². The highest BCUT2D eigenvalue weighted by Gasteiger charge is 2.45. The van der Waals surface area contributed by atoms with E-state index in [2.05, 4.69) is 62.6 Å². The molecule has 0 amide bonds. The second-order valence-corrected chi connectivity index (χ2v) is 22.9. The van der Waals surface area contributed by atoms with Gasteiger partial charge in [0.1, 0.15) is 0 Å². The number of hydrogen-bond acceptors (Lipinski definition) is 2. The fourth-order valence-electron chi connectivity index (χ4n) is 7.38. The summed E-state index contributed by atoms with van der Waals surface area (Å²) >= 11 is 0. The summed E-state index contributed by atoms with van der Waals surface area (Å²) in [7, 11) is -3.01. The summed E-state index contributed by atoms with van der Waals surface area (Å²) in [5.41, 5.74) is 0. The minimum Gasteiger partial charge on any atom is -0.370 e. The van der Waals surface area contributed by atoms with Crippen molar-refractivity contribution in [2.75, 3.05) is 0 Å². The summed E-state index contributed by atoms with van der Waals surface area (Å²) in [6.07, 6.45) is 13.3. The highest BCUT2D eigenvalue weighted by molar-refractivity contribution is 6.93. The van der Waals surface area contributed by atoms with E-state index in [-0.39, 0.29) is 0 Å². The predicted octanol–water partition coefficient (Wildman–Crippen LogP) is 6.59. The van der Waals surface area contributed by atoms with Crippen molar-refractivity contribution < 1.29 is 9.47 Å². The Bertz CT molecular complexity index is 965. The van der Waals surface area contributed by atoms with E-state index >= 15 is 0 Å². The molecule has 2 aliphatic carbocycles. The normalized spacial score (nSPS) is 32.8. The van der Waals surface area contributed by atoms with Gasteiger partial charge in [-0.3, -0.25) is 0 Å². The molecule has 34 heavy (non-hydrogen) atoms. The van der Waals surface area contributed by atoms with Crippen molar-refractivity contribution in [3.05, 3.63) is 36.4 Å². The molecule has 4 fully saturated rings. The van der Waals surface area contributed by atoms with Crippen LogP contribution in [-0.2, 0) is 9.47 Å². The number of epoxide rings is 2. The number of ether oxygens (including phenoxy) is 2. The van der Waals surface area contributed by atoms with E-state index in [0.717, 1.165) is 11.8 Å². The minimum absolute atomic E-state index is 0.614. The Morgan fingerprint density at radius 2 is 1.06 bits per heavy atom. The lowest BCUT2D eigenvalue weighted by Crippen LogP contribution is -2.46. The van der Waals surface area contributed by atoms with Gasteiger partial charge in [0.15, 0.2) is 0 Å². The first-order valence-electron chi connectivity index (χ1n) is 14.1. The van der Waals surface area contributed by atoms with Gasteiger partial charge < -0.3 is 9.47 Å². The van der Waals surface area contributed by atoms with Crippen LogP contribution in [0, 0.1) is 11.8 Å². The second kappa shape index (κ2) is 8.86. The maximum Gasteiger partial charge on any atom is 0.0844 e. The number of rotatable bonds is 8. The van der Waals surface area contributed by atoms with Crippen LogP contribution in [0.2, 0.25) is 38.3 Å². The molecule has 4 aliphatic rings. The van der Waals surface area contributed by atoms with E-state index in [1.165, 1.54) is 63.5 Å². The Labute approximate surface area is 208 Å². The van der Waals surface area contributed by atoms with Crippen LogP contribution in [0.1, 0.15) is 51.4 Å². The van der Waals surface area contributed by atoms with Crippen molar-refractivity contribution in [2.24, 2.45) is 11.8 Å². The van der Waals surface area contributed by atoms with Crippen LogP contribution in [0.25, 0.3) is 10.8 Å². The summed E-state index contributed by atoms with van der Waals surface area (Å²) in [4.78, 5) is 0. The van der Waals surface area contributed by atoms with E-state index in [0.29, 0.717) is 24.4 Å². The average Bonchev–Trinajstić information content (AvgIpc) is 3.75. The molecule has 2 nitrogen and oxygen atoms in total. The second-order valence-electron chi connectivity index (χ2n) is 13.3. The van der Waals surface area contributed by atoms with E-state index in [1.807, 2.05) is 0 Å². The Kier molecular flexibility index (Phi) is 6.11. The summed E-state index contributed by atoms with van der Waals surface area (Å²) in [6.45, 7) is 10.5. The summed E-state index contributed by atoms with van der Waals surface area (Å²) < 4.78 is 11.6. The lowest BCUT2D eigenvalue weighted by atomic mass is 9.87. The van der Waals surface area contributed by atoms with Crippen LogP contribution in [-0.4, -0.2) is 40.6 Å². The lowest BCUT2D eigenvalue weighted by Gasteiger charge is -2.31. The van der Waals surface area contributed by atoms with Gasteiger partial charge in [-0.2, -0.15) is 0 Å². The Hall–Kier alpha value is -0.946. The molecule has 6 unspecified atom stereocenters. The molecule has 184 valence electrons. The molecule has 6 rings (SSSR count). The SMILES string of the molecule is C[Si](C)(CCC1CCC2OC2C1)c1ccc([Si](C)(C)CCC2CCC3OC3C2)c2ccccc12. The largest absolute Gasteiger partial charge is 0.370 e. The minimum atomic E-state index is -1.51. The quantitative estimate of drug-likeness (QED) is 0.307. The van der Waals surface area contributed by atoms with E-state index in [1.54, 1.807) is 21.1 Å². The zero-order valence-electron chi connectivity index (χ0n) is 21.8. The lowest BCUT2D eigenvalue weighted by molar-refractivity contribution is 0.357. The molecule has 4 heteroatoms. The highest BCUT2D eigenvalue weighted by Crippen LogP contribution is 2.42. The van der Waals surface area contributed by atoms with E-state index in [9.17, 15) is 0 Å². The van der Waals surface area contributed by atoms with Crippen molar-refractivity contribution in [1.29, 1.82) is 0 Å². The van der Waals surface area contributed by atoms with Gasteiger partial charge in [-0.25, -0.2) is 0 Å². The summed E-state index contributed by atoms with van der Waals surface area (Å²) in [5, 5.41) is 6.52. The van der Waals surface area contributed by atoms with Gasteiger partial charge in [0, 0.05) is 0 Å². The van der Waals surface area contributed by atoms with Crippen molar-refractivity contribution >= 4 is 37.3 Å². The molecule has 2 aromatic carbocycles. The number of fused-ring (bicyclic) bond motifs is 3. The zero-order valence-corrected chi connectivity index (χ0v) is 23.8. The van der Waals surface area contributed by atoms with Crippen LogP contribution in [0.5, 0.6) is 0 Å². The Morgan fingerprint density at radius 3 is 1.47 bits per heavy atom. The van der Waals surface area contributed by atoms with Crippen LogP contribution in [0.15, 0.2) is 36.4 Å². The maximum atomic E-state index is 5.80. The Morgan fingerprint density at radius 1 is 0.618 bits per heavy atom. The molecular formula is C30H44O2Si2. The molecule has 0 bridgehead atoms. The number of hydrogen-bond donors (Lipinski definition) is 0. The highest BCUT2D eigenvalue weighted by atomic mass is 28.3. The monoisotopic (exact) mass is 492 g/mol. The third kappa shape index (κ3) is 4.72. The molecule has 0 radical (unpaired) electrons. The first-order chi connectivity index (χ1) is 16.3. The molecule has 0 aromatic heterocycles. The molecular weight excluding hydrogens is 449 g/mol. The molecule has 2 aromatic rings. The maximum absolute atomic E-state index is 5.80. The van der Waals surface area contributed by atoms with Gasteiger partial charge in [-0.1, -0.05) is 97.9 Å². The molecule has 2 heterocycles.